The zero-order chi connectivity index (χ0) is 24.2. The summed E-state index contributed by atoms with van der Waals surface area (Å²) in [6.45, 7) is 3.30. The van der Waals surface area contributed by atoms with Gasteiger partial charge in [0.05, 0.1) is 17.2 Å². The minimum Gasteiger partial charge on any atom is -0.336 e. The standard InChI is InChI=1S/C22H24F6N4O/c1-31-7-9-32(10-8-31)19(15-5-3-2-4-6-15)14-29-20(33)30-18-12-16(21(23,24)25)11-17(13-18)22(26,27)28/h2-6,11-13,19H,7-10,14H2,1H3,(H2,29,30,33). The molecule has 33 heavy (non-hydrogen) atoms. The van der Waals surface area contributed by atoms with Crippen molar-refractivity contribution >= 4 is 11.7 Å². The third-order valence-corrected chi connectivity index (χ3v) is 5.46. The Morgan fingerprint density at radius 3 is 1.97 bits per heavy atom. The molecule has 0 spiro atoms. The monoisotopic (exact) mass is 474 g/mol. The van der Waals surface area contributed by atoms with Crippen molar-refractivity contribution in [2.75, 3.05) is 45.1 Å². The van der Waals surface area contributed by atoms with Crippen molar-refractivity contribution < 1.29 is 31.1 Å². The Labute approximate surface area is 187 Å². The summed E-state index contributed by atoms with van der Waals surface area (Å²) in [7, 11) is 2.00. The summed E-state index contributed by atoms with van der Waals surface area (Å²) < 4.78 is 78.3. The summed E-state index contributed by atoms with van der Waals surface area (Å²) in [5.41, 5.74) is -2.63. The van der Waals surface area contributed by atoms with Crippen molar-refractivity contribution in [3.05, 3.63) is 65.2 Å². The van der Waals surface area contributed by atoms with Crippen LogP contribution < -0.4 is 10.6 Å². The van der Waals surface area contributed by atoms with E-state index in [1.807, 2.05) is 37.4 Å². The fourth-order valence-electron chi connectivity index (χ4n) is 3.66. The molecule has 0 aliphatic carbocycles. The highest BCUT2D eigenvalue weighted by molar-refractivity contribution is 5.89. The van der Waals surface area contributed by atoms with Gasteiger partial charge in [-0.3, -0.25) is 4.90 Å². The van der Waals surface area contributed by atoms with E-state index in [1.165, 1.54) is 0 Å². The molecule has 0 radical (unpaired) electrons. The number of halogens is 6. The van der Waals surface area contributed by atoms with Gasteiger partial charge in [-0.1, -0.05) is 30.3 Å². The van der Waals surface area contributed by atoms with E-state index in [0.717, 1.165) is 31.7 Å². The van der Waals surface area contributed by atoms with Crippen molar-refractivity contribution in [2.24, 2.45) is 0 Å². The van der Waals surface area contributed by atoms with E-state index < -0.39 is 35.2 Å². The molecule has 1 unspecified atom stereocenters. The summed E-state index contributed by atoms with van der Waals surface area (Å²) >= 11 is 0. The first-order valence-electron chi connectivity index (χ1n) is 10.3. The number of alkyl halides is 6. The molecule has 1 aliphatic rings. The Bertz CT molecular complexity index is 908. The second kappa shape index (κ2) is 10.0. The minimum atomic E-state index is -4.99. The molecule has 1 fully saturated rings. The normalized spacial score (nSPS) is 16.9. The number of amides is 2. The van der Waals surface area contributed by atoms with Gasteiger partial charge >= 0.3 is 18.4 Å². The lowest BCUT2D eigenvalue weighted by Crippen LogP contribution is -2.48. The van der Waals surface area contributed by atoms with E-state index in [2.05, 4.69) is 20.4 Å². The first-order valence-corrected chi connectivity index (χ1v) is 10.3. The number of nitrogens with one attached hydrogen (secondary N) is 2. The molecule has 1 heterocycles. The first kappa shape index (κ1) is 24.8. The number of likely N-dealkylation sites (N-methyl/N-ethyl adjacent to an activating group) is 1. The first-order chi connectivity index (χ1) is 15.4. The summed E-state index contributed by atoms with van der Waals surface area (Å²) in [6, 6.07) is 9.28. The number of anilines is 1. The molecule has 0 aromatic heterocycles. The Balaban J connectivity index is 1.73. The van der Waals surface area contributed by atoms with Crippen LogP contribution in [0.4, 0.5) is 36.8 Å². The van der Waals surface area contributed by atoms with Gasteiger partial charge in [0.2, 0.25) is 0 Å². The van der Waals surface area contributed by atoms with Crippen LogP contribution in [0.3, 0.4) is 0 Å². The van der Waals surface area contributed by atoms with E-state index in [9.17, 15) is 31.1 Å². The van der Waals surface area contributed by atoms with Crippen LogP contribution >= 0.6 is 0 Å². The second-order valence-electron chi connectivity index (χ2n) is 7.90. The van der Waals surface area contributed by atoms with Crippen LogP contribution in [0.2, 0.25) is 0 Å². The predicted octanol–water partition coefficient (Wildman–Crippen LogP) is 4.83. The van der Waals surface area contributed by atoms with Gasteiger partial charge in [-0.25, -0.2) is 4.79 Å². The number of carbonyl (C=O) groups excluding carboxylic acids is 1. The molecule has 2 aromatic rings. The average molecular weight is 474 g/mol. The Hall–Kier alpha value is -2.79. The Morgan fingerprint density at radius 1 is 0.909 bits per heavy atom. The van der Waals surface area contributed by atoms with Crippen LogP contribution in [0.15, 0.2) is 48.5 Å². The highest BCUT2D eigenvalue weighted by Gasteiger charge is 2.37. The van der Waals surface area contributed by atoms with Crippen LogP contribution in [-0.4, -0.2) is 55.6 Å². The van der Waals surface area contributed by atoms with Crippen LogP contribution in [0.25, 0.3) is 0 Å². The molecule has 3 rings (SSSR count). The van der Waals surface area contributed by atoms with Gasteiger partial charge in [0, 0.05) is 38.4 Å². The topological polar surface area (TPSA) is 47.6 Å². The van der Waals surface area contributed by atoms with Crippen LogP contribution in [-0.2, 0) is 12.4 Å². The fourth-order valence-corrected chi connectivity index (χ4v) is 3.66. The lowest BCUT2D eigenvalue weighted by atomic mass is 10.0. The molecule has 180 valence electrons. The molecule has 1 aliphatic heterocycles. The molecule has 5 nitrogen and oxygen atoms in total. The Morgan fingerprint density at radius 2 is 1.45 bits per heavy atom. The number of urea groups is 1. The van der Waals surface area contributed by atoms with Crippen LogP contribution in [0.1, 0.15) is 22.7 Å². The molecule has 2 amide bonds. The summed E-state index contributed by atoms with van der Waals surface area (Å²) in [4.78, 5) is 16.7. The van der Waals surface area contributed by atoms with Crippen molar-refractivity contribution in [3.8, 4) is 0 Å². The number of piperazine rings is 1. The average Bonchev–Trinajstić information content (AvgIpc) is 2.74. The van der Waals surface area contributed by atoms with Crippen molar-refractivity contribution in [1.29, 1.82) is 0 Å². The summed E-state index contributed by atoms with van der Waals surface area (Å²) in [5.74, 6) is 0. The van der Waals surface area contributed by atoms with Crippen molar-refractivity contribution in [1.82, 2.24) is 15.1 Å². The number of benzene rings is 2. The quantitative estimate of drug-likeness (QED) is 0.611. The maximum absolute atomic E-state index is 13.0. The van der Waals surface area contributed by atoms with Gasteiger partial charge in [0.25, 0.3) is 0 Å². The van der Waals surface area contributed by atoms with Gasteiger partial charge in [-0.2, -0.15) is 26.3 Å². The van der Waals surface area contributed by atoms with E-state index in [-0.39, 0.29) is 18.7 Å². The van der Waals surface area contributed by atoms with E-state index in [1.54, 1.807) is 0 Å². The maximum Gasteiger partial charge on any atom is 0.416 e. The third kappa shape index (κ3) is 6.84. The van der Waals surface area contributed by atoms with Gasteiger partial charge < -0.3 is 15.5 Å². The summed E-state index contributed by atoms with van der Waals surface area (Å²) in [6.07, 6.45) is -9.98. The highest BCUT2D eigenvalue weighted by Crippen LogP contribution is 2.37. The minimum absolute atomic E-state index is 0.0158. The van der Waals surface area contributed by atoms with Gasteiger partial charge in [-0.05, 0) is 30.8 Å². The predicted molar refractivity (Wildman–Crippen MR) is 112 cm³/mol. The summed E-state index contributed by atoms with van der Waals surface area (Å²) in [5, 5.41) is 4.69. The van der Waals surface area contributed by atoms with E-state index >= 15 is 0 Å². The fraction of sp³-hybridized carbons (Fsp3) is 0.409. The number of nitrogens with zero attached hydrogens (tertiary/aromatic N) is 2. The number of hydrogen-bond donors (Lipinski definition) is 2. The van der Waals surface area contributed by atoms with E-state index in [4.69, 9.17) is 0 Å². The zero-order valence-corrected chi connectivity index (χ0v) is 17.8. The second-order valence-corrected chi connectivity index (χ2v) is 7.90. The molecular weight excluding hydrogens is 450 g/mol. The highest BCUT2D eigenvalue weighted by atomic mass is 19.4. The molecule has 1 saturated heterocycles. The van der Waals surface area contributed by atoms with Crippen LogP contribution in [0, 0.1) is 0 Å². The molecule has 2 aromatic carbocycles. The molecule has 0 saturated carbocycles. The smallest absolute Gasteiger partial charge is 0.336 e. The molecule has 2 N–H and O–H groups in total. The van der Waals surface area contributed by atoms with Crippen molar-refractivity contribution in [3.63, 3.8) is 0 Å². The largest absolute Gasteiger partial charge is 0.416 e. The molecule has 11 heteroatoms. The zero-order valence-electron chi connectivity index (χ0n) is 17.8. The lowest BCUT2D eigenvalue weighted by Gasteiger charge is -2.38. The van der Waals surface area contributed by atoms with Crippen molar-refractivity contribution in [2.45, 2.75) is 18.4 Å². The number of rotatable bonds is 5. The molecular formula is C22H24F6N4O. The van der Waals surface area contributed by atoms with Gasteiger partial charge in [0.1, 0.15) is 0 Å². The Kier molecular flexibility index (Phi) is 7.53. The number of carbonyl (C=O) groups is 1. The lowest BCUT2D eigenvalue weighted by molar-refractivity contribution is -0.143. The molecule has 1 atom stereocenters. The third-order valence-electron chi connectivity index (χ3n) is 5.46. The van der Waals surface area contributed by atoms with Gasteiger partial charge in [-0.15, -0.1) is 0 Å². The molecule has 0 bridgehead atoms. The van der Waals surface area contributed by atoms with Gasteiger partial charge in [0.15, 0.2) is 0 Å². The SMILES string of the molecule is CN1CCN(C(CNC(=O)Nc2cc(C(F)(F)F)cc(C(F)(F)F)c2)c2ccccc2)CC1. The number of hydrogen-bond acceptors (Lipinski definition) is 3. The van der Waals surface area contributed by atoms with E-state index in [0.29, 0.717) is 12.1 Å². The van der Waals surface area contributed by atoms with Crippen LogP contribution in [0.5, 0.6) is 0 Å². The maximum atomic E-state index is 13.0.